The summed E-state index contributed by atoms with van der Waals surface area (Å²) in [5.41, 5.74) is 0.409. The van der Waals surface area contributed by atoms with E-state index in [1.807, 2.05) is 0 Å². The van der Waals surface area contributed by atoms with Crippen LogP contribution in [0.25, 0.3) is 0 Å². The van der Waals surface area contributed by atoms with E-state index in [4.69, 9.17) is 10.4 Å². The third-order valence-electron chi connectivity index (χ3n) is 3.37. The topological polar surface area (TPSA) is 107 Å². The van der Waals surface area contributed by atoms with Crippen LogP contribution in [0.3, 0.4) is 0 Å². The van der Waals surface area contributed by atoms with Crippen molar-refractivity contribution < 1.29 is 18.3 Å². The highest BCUT2D eigenvalue weighted by Gasteiger charge is 2.34. The van der Waals surface area contributed by atoms with Crippen molar-refractivity contribution in [1.29, 1.82) is 5.26 Å². The van der Waals surface area contributed by atoms with E-state index in [2.05, 4.69) is 10.8 Å². The minimum Gasteiger partial charge on any atom is -0.477 e. The number of carbonyl (C=O) groups is 1. The van der Waals surface area contributed by atoms with Crippen molar-refractivity contribution >= 4 is 27.3 Å². The molecule has 0 radical (unpaired) electrons. The molecule has 1 aromatic heterocycles. The summed E-state index contributed by atoms with van der Waals surface area (Å²) < 4.78 is 27.2. The Morgan fingerprint density at radius 1 is 1.55 bits per heavy atom. The molecule has 0 aliphatic heterocycles. The maximum Gasteiger partial charge on any atom is 0.347 e. The Hall–Kier alpha value is -1.43. The maximum atomic E-state index is 12.4. The lowest BCUT2D eigenvalue weighted by atomic mass is 10.1. The number of sulfonamides is 1. The van der Waals surface area contributed by atoms with Crippen molar-refractivity contribution in [3.8, 4) is 6.07 Å². The lowest BCUT2D eigenvalue weighted by Crippen LogP contribution is -2.37. The molecule has 1 saturated carbocycles. The van der Waals surface area contributed by atoms with Crippen LogP contribution in [-0.2, 0) is 10.0 Å². The van der Waals surface area contributed by atoms with Crippen molar-refractivity contribution in [2.24, 2.45) is 5.92 Å². The van der Waals surface area contributed by atoms with Gasteiger partial charge in [-0.15, -0.1) is 11.3 Å². The number of aryl methyl sites for hydroxylation is 1. The zero-order valence-electron chi connectivity index (χ0n) is 10.8. The Morgan fingerprint density at radius 3 is 2.85 bits per heavy atom. The lowest BCUT2D eigenvalue weighted by molar-refractivity contribution is 0.0698. The highest BCUT2D eigenvalue weighted by Crippen LogP contribution is 2.30. The fourth-order valence-corrected chi connectivity index (χ4v) is 5.37. The second-order valence-corrected chi connectivity index (χ2v) is 7.31. The van der Waals surface area contributed by atoms with E-state index in [0.29, 0.717) is 18.4 Å². The van der Waals surface area contributed by atoms with Crippen LogP contribution in [0.2, 0.25) is 0 Å². The number of nitrogens with one attached hydrogen (secondary N) is 1. The maximum absolute atomic E-state index is 12.4. The van der Waals surface area contributed by atoms with Gasteiger partial charge in [0.25, 0.3) is 0 Å². The van der Waals surface area contributed by atoms with Gasteiger partial charge in [0.15, 0.2) is 0 Å². The molecule has 6 nitrogen and oxygen atoms in total. The normalized spacial score (nSPS) is 22.6. The summed E-state index contributed by atoms with van der Waals surface area (Å²) in [6, 6.07) is 1.65. The summed E-state index contributed by atoms with van der Waals surface area (Å²) in [4.78, 5) is 10.7. The van der Waals surface area contributed by atoms with Crippen molar-refractivity contribution in [3.05, 3.63) is 15.8 Å². The van der Waals surface area contributed by atoms with Gasteiger partial charge in [-0.25, -0.2) is 17.9 Å². The van der Waals surface area contributed by atoms with E-state index < -0.39 is 22.0 Å². The number of hydrogen-bond acceptors (Lipinski definition) is 5. The molecule has 108 valence electrons. The molecule has 1 fully saturated rings. The standard InChI is InChI=1S/C12H14N2O4S2/c1-7-6-19-10(12(15)16)11(7)20(17,18)14-9-4-2-3-8(9)5-13/h6,8-9,14H,2-4H2,1H3,(H,15,16). The molecule has 1 aliphatic rings. The zero-order chi connectivity index (χ0) is 14.9. The van der Waals surface area contributed by atoms with Crippen LogP contribution in [0.15, 0.2) is 10.3 Å². The van der Waals surface area contributed by atoms with Crippen LogP contribution in [0.1, 0.15) is 34.5 Å². The second kappa shape index (κ2) is 5.52. The molecule has 2 atom stereocenters. The Kier molecular flexibility index (Phi) is 4.13. The van der Waals surface area contributed by atoms with Gasteiger partial charge in [0.1, 0.15) is 9.77 Å². The quantitative estimate of drug-likeness (QED) is 0.880. The molecule has 8 heteroatoms. The molecule has 0 aromatic carbocycles. The fraction of sp³-hybridized carbons (Fsp3) is 0.500. The first kappa shape index (κ1) is 15.0. The summed E-state index contributed by atoms with van der Waals surface area (Å²) in [5, 5.41) is 19.6. The molecular weight excluding hydrogens is 300 g/mol. The Morgan fingerprint density at radius 2 is 2.25 bits per heavy atom. The van der Waals surface area contributed by atoms with Crippen LogP contribution in [0.4, 0.5) is 0 Å². The molecule has 2 unspecified atom stereocenters. The molecule has 0 bridgehead atoms. The Balaban J connectivity index is 2.34. The van der Waals surface area contributed by atoms with Crippen LogP contribution >= 0.6 is 11.3 Å². The smallest absolute Gasteiger partial charge is 0.347 e. The third-order valence-corrected chi connectivity index (χ3v) is 6.26. The zero-order valence-corrected chi connectivity index (χ0v) is 12.4. The van der Waals surface area contributed by atoms with Gasteiger partial charge >= 0.3 is 5.97 Å². The number of nitrogens with zero attached hydrogens (tertiary/aromatic N) is 1. The number of aromatic carboxylic acids is 1. The first-order valence-electron chi connectivity index (χ1n) is 6.10. The van der Waals surface area contributed by atoms with Gasteiger partial charge in [0, 0.05) is 6.04 Å². The van der Waals surface area contributed by atoms with Gasteiger partial charge in [-0.3, -0.25) is 0 Å². The molecule has 1 heterocycles. The van der Waals surface area contributed by atoms with Crippen molar-refractivity contribution in [1.82, 2.24) is 4.72 Å². The fourth-order valence-electron chi connectivity index (χ4n) is 2.43. The van der Waals surface area contributed by atoms with E-state index in [1.165, 1.54) is 5.38 Å². The molecule has 1 aromatic rings. The van der Waals surface area contributed by atoms with E-state index in [-0.39, 0.29) is 15.7 Å². The molecule has 0 amide bonds. The molecule has 2 rings (SSSR count). The summed E-state index contributed by atoms with van der Waals surface area (Å²) in [5.74, 6) is -1.61. The number of rotatable bonds is 4. The molecule has 20 heavy (non-hydrogen) atoms. The highest BCUT2D eigenvalue weighted by molar-refractivity contribution is 7.89. The lowest BCUT2D eigenvalue weighted by Gasteiger charge is -2.16. The Labute approximate surface area is 121 Å². The number of thiophene rings is 1. The van der Waals surface area contributed by atoms with Crippen molar-refractivity contribution in [3.63, 3.8) is 0 Å². The first-order valence-corrected chi connectivity index (χ1v) is 8.46. The number of carboxylic acid groups (broad SMARTS) is 1. The molecule has 2 N–H and O–H groups in total. The minimum atomic E-state index is -3.92. The SMILES string of the molecule is Cc1csc(C(=O)O)c1S(=O)(=O)NC1CCCC1C#N. The number of hydrogen-bond donors (Lipinski definition) is 2. The van der Waals surface area contributed by atoms with Gasteiger partial charge in [0.05, 0.1) is 12.0 Å². The highest BCUT2D eigenvalue weighted by atomic mass is 32.2. The number of nitriles is 1. The van der Waals surface area contributed by atoms with E-state index >= 15 is 0 Å². The molecule has 1 aliphatic carbocycles. The van der Waals surface area contributed by atoms with Crippen molar-refractivity contribution in [2.75, 3.05) is 0 Å². The van der Waals surface area contributed by atoms with Crippen LogP contribution in [0, 0.1) is 24.2 Å². The second-order valence-electron chi connectivity index (χ2n) is 4.78. The largest absolute Gasteiger partial charge is 0.477 e. The van der Waals surface area contributed by atoms with Crippen LogP contribution < -0.4 is 4.72 Å². The predicted octanol–water partition coefficient (Wildman–Crippen LogP) is 1.73. The van der Waals surface area contributed by atoms with Gasteiger partial charge in [0.2, 0.25) is 10.0 Å². The van der Waals surface area contributed by atoms with E-state index in [9.17, 15) is 13.2 Å². The molecule has 0 saturated heterocycles. The average Bonchev–Trinajstić information content (AvgIpc) is 2.94. The van der Waals surface area contributed by atoms with Crippen LogP contribution in [0.5, 0.6) is 0 Å². The average molecular weight is 314 g/mol. The van der Waals surface area contributed by atoms with Gasteiger partial charge in [-0.1, -0.05) is 6.42 Å². The summed E-state index contributed by atoms with van der Waals surface area (Å²) in [6.45, 7) is 1.56. The monoisotopic (exact) mass is 314 g/mol. The Bertz CT molecular complexity index is 672. The third kappa shape index (κ3) is 2.70. The van der Waals surface area contributed by atoms with Gasteiger partial charge in [-0.05, 0) is 30.7 Å². The van der Waals surface area contributed by atoms with E-state index in [0.717, 1.165) is 17.8 Å². The predicted molar refractivity (Wildman–Crippen MR) is 73.1 cm³/mol. The molecule has 0 spiro atoms. The van der Waals surface area contributed by atoms with Gasteiger partial charge < -0.3 is 5.11 Å². The minimum absolute atomic E-state index is 0.182. The summed E-state index contributed by atoms with van der Waals surface area (Å²) in [6.07, 6.45) is 2.06. The van der Waals surface area contributed by atoms with Gasteiger partial charge in [-0.2, -0.15) is 5.26 Å². The summed E-state index contributed by atoms with van der Waals surface area (Å²) in [7, 11) is -3.92. The molecular formula is C12H14N2O4S2. The number of carboxylic acids is 1. The van der Waals surface area contributed by atoms with Crippen LogP contribution in [-0.4, -0.2) is 25.5 Å². The van der Waals surface area contributed by atoms with Crippen molar-refractivity contribution in [2.45, 2.75) is 37.1 Å². The van der Waals surface area contributed by atoms with E-state index in [1.54, 1.807) is 6.92 Å². The first-order chi connectivity index (χ1) is 9.36. The summed E-state index contributed by atoms with van der Waals surface area (Å²) >= 11 is 0.892.